The van der Waals surface area contributed by atoms with Crippen LogP contribution in [0.15, 0.2) is 6.20 Å². The third-order valence-corrected chi connectivity index (χ3v) is 3.93. The highest BCUT2D eigenvalue weighted by molar-refractivity contribution is 5.18. The molecule has 0 radical (unpaired) electrons. The van der Waals surface area contributed by atoms with Crippen molar-refractivity contribution in [1.82, 2.24) is 9.97 Å². The molecule has 2 atom stereocenters. The van der Waals surface area contributed by atoms with Crippen molar-refractivity contribution >= 4 is 0 Å². The van der Waals surface area contributed by atoms with Gasteiger partial charge in [-0.2, -0.15) is 0 Å². The number of nitrogens with zero attached hydrogens (tertiary/aromatic N) is 2. The summed E-state index contributed by atoms with van der Waals surface area (Å²) in [6.07, 6.45) is 8.89. The van der Waals surface area contributed by atoms with E-state index in [1.54, 1.807) is 0 Å². The fraction of sp³-hybridized carbons (Fsp3) is 0.733. The summed E-state index contributed by atoms with van der Waals surface area (Å²) in [5.41, 5.74) is 1.94. The molecule has 0 saturated heterocycles. The number of hydrogen-bond donors (Lipinski definition) is 1. The third-order valence-electron chi connectivity index (χ3n) is 3.93. The van der Waals surface area contributed by atoms with E-state index in [0.29, 0.717) is 5.92 Å². The Morgan fingerprint density at radius 3 is 2.89 bits per heavy atom. The maximum Gasteiger partial charge on any atom is 0.131 e. The van der Waals surface area contributed by atoms with Crippen molar-refractivity contribution in [2.24, 2.45) is 5.92 Å². The van der Waals surface area contributed by atoms with Crippen LogP contribution in [0.5, 0.6) is 0 Å². The molecule has 1 aliphatic rings. The lowest BCUT2D eigenvalue weighted by atomic mass is 9.82. The molecule has 0 bridgehead atoms. The first-order valence-electron chi connectivity index (χ1n) is 7.20. The normalized spacial score (nSPS) is 24.2. The molecule has 18 heavy (non-hydrogen) atoms. The molecule has 1 saturated carbocycles. The summed E-state index contributed by atoms with van der Waals surface area (Å²) >= 11 is 0. The van der Waals surface area contributed by atoms with Crippen molar-refractivity contribution in [3.8, 4) is 0 Å². The minimum absolute atomic E-state index is 0.0523. The second-order valence-corrected chi connectivity index (χ2v) is 5.58. The van der Waals surface area contributed by atoms with Crippen LogP contribution in [0.25, 0.3) is 0 Å². The van der Waals surface area contributed by atoms with E-state index in [2.05, 4.69) is 18.8 Å². The van der Waals surface area contributed by atoms with E-state index in [9.17, 15) is 5.11 Å². The van der Waals surface area contributed by atoms with Crippen LogP contribution in [0.2, 0.25) is 0 Å². The van der Waals surface area contributed by atoms with E-state index in [1.807, 2.05) is 6.20 Å². The molecular formula is C15H24N2O. The van der Waals surface area contributed by atoms with Gasteiger partial charge in [0.15, 0.2) is 0 Å². The van der Waals surface area contributed by atoms with Crippen LogP contribution in [0.3, 0.4) is 0 Å². The molecule has 100 valence electrons. The average Bonchev–Trinajstić information content (AvgIpc) is 2.39. The van der Waals surface area contributed by atoms with Gasteiger partial charge in [-0.1, -0.05) is 33.1 Å². The van der Waals surface area contributed by atoms with Crippen LogP contribution in [0.4, 0.5) is 0 Å². The van der Waals surface area contributed by atoms with Crippen molar-refractivity contribution < 1.29 is 5.11 Å². The van der Waals surface area contributed by atoms with Gasteiger partial charge < -0.3 is 5.11 Å². The van der Waals surface area contributed by atoms with Crippen molar-refractivity contribution in [1.29, 1.82) is 0 Å². The molecule has 1 fully saturated rings. The highest BCUT2D eigenvalue weighted by atomic mass is 16.3. The summed E-state index contributed by atoms with van der Waals surface area (Å²) in [5, 5.41) is 9.31. The number of aromatic nitrogens is 2. The van der Waals surface area contributed by atoms with Crippen molar-refractivity contribution in [2.45, 2.75) is 64.9 Å². The molecule has 0 aliphatic heterocycles. The van der Waals surface area contributed by atoms with Gasteiger partial charge in [0.1, 0.15) is 5.82 Å². The maximum absolute atomic E-state index is 9.31. The van der Waals surface area contributed by atoms with Gasteiger partial charge in [0.05, 0.1) is 6.61 Å². The van der Waals surface area contributed by atoms with E-state index in [-0.39, 0.29) is 6.61 Å². The Morgan fingerprint density at radius 1 is 1.39 bits per heavy atom. The topological polar surface area (TPSA) is 46.0 Å². The Kier molecular flexibility index (Phi) is 4.70. The molecule has 1 aromatic heterocycles. The molecule has 3 heteroatoms. The fourth-order valence-electron chi connectivity index (χ4n) is 2.91. The van der Waals surface area contributed by atoms with Gasteiger partial charge in [-0.15, -0.1) is 0 Å². The highest BCUT2D eigenvalue weighted by Gasteiger charge is 2.23. The van der Waals surface area contributed by atoms with E-state index in [1.165, 1.54) is 25.7 Å². The summed E-state index contributed by atoms with van der Waals surface area (Å²) in [4.78, 5) is 9.20. The zero-order valence-electron chi connectivity index (χ0n) is 11.5. The second-order valence-electron chi connectivity index (χ2n) is 5.58. The van der Waals surface area contributed by atoms with E-state index >= 15 is 0 Å². The summed E-state index contributed by atoms with van der Waals surface area (Å²) in [6.45, 7) is 4.52. The first kappa shape index (κ1) is 13.5. The fourth-order valence-corrected chi connectivity index (χ4v) is 2.91. The molecule has 0 spiro atoms. The minimum Gasteiger partial charge on any atom is -0.392 e. The summed E-state index contributed by atoms with van der Waals surface area (Å²) in [6, 6.07) is 0. The van der Waals surface area contributed by atoms with Crippen molar-refractivity contribution in [3.63, 3.8) is 0 Å². The zero-order chi connectivity index (χ0) is 13.0. The molecule has 1 N–H and O–H groups in total. The quantitative estimate of drug-likeness (QED) is 0.890. The van der Waals surface area contributed by atoms with Crippen LogP contribution in [-0.2, 0) is 13.0 Å². The Labute approximate surface area is 110 Å². The molecule has 0 amide bonds. The molecule has 3 nitrogen and oxygen atoms in total. The van der Waals surface area contributed by atoms with Gasteiger partial charge in [-0.05, 0) is 25.2 Å². The third kappa shape index (κ3) is 3.08. The molecule has 1 aliphatic carbocycles. The molecule has 2 rings (SSSR count). The Morgan fingerprint density at radius 2 is 2.22 bits per heavy atom. The summed E-state index contributed by atoms with van der Waals surface area (Å²) in [7, 11) is 0. The number of aryl methyl sites for hydroxylation is 1. The Balaban J connectivity index is 2.19. The van der Waals surface area contributed by atoms with Crippen LogP contribution in [-0.4, -0.2) is 15.1 Å². The lowest BCUT2D eigenvalue weighted by Crippen LogP contribution is -2.15. The van der Waals surface area contributed by atoms with Gasteiger partial charge in [-0.3, -0.25) is 0 Å². The van der Waals surface area contributed by atoms with Gasteiger partial charge in [0.25, 0.3) is 0 Å². The number of aliphatic hydroxyl groups is 1. The Hall–Kier alpha value is -0.960. The molecule has 1 heterocycles. The van der Waals surface area contributed by atoms with Crippen LogP contribution < -0.4 is 0 Å². The first-order chi connectivity index (χ1) is 8.74. The zero-order valence-corrected chi connectivity index (χ0v) is 11.5. The van der Waals surface area contributed by atoms with Crippen molar-refractivity contribution in [3.05, 3.63) is 23.3 Å². The average molecular weight is 248 g/mol. The smallest absolute Gasteiger partial charge is 0.131 e. The molecule has 1 aromatic rings. The van der Waals surface area contributed by atoms with Crippen LogP contribution >= 0.6 is 0 Å². The van der Waals surface area contributed by atoms with E-state index in [4.69, 9.17) is 4.98 Å². The summed E-state index contributed by atoms with van der Waals surface area (Å²) in [5.74, 6) is 2.32. The van der Waals surface area contributed by atoms with E-state index in [0.717, 1.165) is 35.8 Å². The SMILES string of the molecule is CCCc1nc(C2CCCC(C)C2)ncc1CO. The lowest BCUT2D eigenvalue weighted by Gasteiger charge is -2.26. The Bertz CT molecular complexity index is 392. The monoisotopic (exact) mass is 248 g/mol. The van der Waals surface area contributed by atoms with E-state index < -0.39 is 0 Å². The minimum atomic E-state index is 0.0523. The van der Waals surface area contributed by atoms with Gasteiger partial charge in [-0.25, -0.2) is 9.97 Å². The second kappa shape index (κ2) is 6.28. The maximum atomic E-state index is 9.31. The number of aliphatic hydroxyl groups excluding tert-OH is 1. The standard InChI is InChI=1S/C15H24N2O/c1-3-5-14-13(10-18)9-16-15(17-14)12-7-4-6-11(2)8-12/h9,11-12,18H,3-8,10H2,1-2H3. The lowest BCUT2D eigenvalue weighted by molar-refractivity contribution is 0.278. The molecule has 2 unspecified atom stereocenters. The van der Waals surface area contributed by atoms with Gasteiger partial charge >= 0.3 is 0 Å². The first-order valence-corrected chi connectivity index (χ1v) is 7.20. The highest BCUT2D eigenvalue weighted by Crippen LogP contribution is 2.34. The van der Waals surface area contributed by atoms with Crippen LogP contribution in [0, 0.1) is 5.92 Å². The largest absolute Gasteiger partial charge is 0.392 e. The predicted octanol–water partition coefficient (Wildman–Crippen LogP) is 3.22. The summed E-state index contributed by atoms with van der Waals surface area (Å²) < 4.78 is 0. The van der Waals surface area contributed by atoms with Gasteiger partial charge in [0.2, 0.25) is 0 Å². The predicted molar refractivity (Wildman–Crippen MR) is 72.3 cm³/mol. The number of rotatable bonds is 4. The molecule has 0 aromatic carbocycles. The molecular weight excluding hydrogens is 224 g/mol. The van der Waals surface area contributed by atoms with Crippen LogP contribution in [0.1, 0.15) is 69.0 Å². The van der Waals surface area contributed by atoms with Gasteiger partial charge in [0, 0.05) is 23.4 Å². The van der Waals surface area contributed by atoms with Crippen molar-refractivity contribution in [2.75, 3.05) is 0 Å². The number of hydrogen-bond acceptors (Lipinski definition) is 3.